The largest absolute Gasteiger partial charge is 0.192 e. The van der Waals surface area contributed by atoms with Crippen molar-refractivity contribution in [3.63, 3.8) is 0 Å². The van der Waals surface area contributed by atoms with Crippen molar-refractivity contribution in [2.75, 3.05) is 0 Å². The summed E-state index contributed by atoms with van der Waals surface area (Å²) < 4.78 is 0. The van der Waals surface area contributed by atoms with Crippen LogP contribution >= 0.6 is 0 Å². The molecule has 0 radical (unpaired) electrons. The summed E-state index contributed by atoms with van der Waals surface area (Å²) in [5.41, 5.74) is 5.79. The van der Waals surface area contributed by atoms with E-state index in [-0.39, 0.29) is 0 Å². The van der Waals surface area contributed by atoms with Gasteiger partial charge in [-0.1, -0.05) is 44.2 Å². The van der Waals surface area contributed by atoms with Crippen molar-refractivity contribution in [1.82, 2.24) is 0 Å². The smallest absolute Gasteiger partial charge is 0.0991 e. The highest BCUT2D eigenvalue weighted by atomic mass is 14.2. The molecule has 0 aliphatic heterocycles. The highest BCUT2D eigenvalue weighted by Gasteiger charge is 2.09. The van der Waals surface area contributed by atoms with Crippen LogP contribution in [0.5, 0.6) is 0 Å². The van der Waals surface area contributed by atoms with Crippen molar-refractivity contribution >= 4 is 0 Å². The third-order valence-electron chi connectivity index (χ3n) is 3.29. The van der Waals surface area contributed by atoms with Gasteiger partial charge in [-0.05, 0) is 53.6 Å². The Kier molecular flexibility index (Phi) is 4.02. The van der Waals surface area contributed by atoms with E-state index in [1.165, 1.54) is 16.7 Å². The molecule has 0 aliphatic carbocycles. The fraction of sp³-hybridized carbons (Fsp3) is 0.278. The summed E-state index contributed by atoms with van der Waals surface area (Å²) >= 11 is 0. The molecular weight excluding hydrogens is 230 g/mol. The van der Waals surface area contributed by atoms with Gasteiger partial charge in [0.2, 0.25) is 0 Å². The summed E-state index contributed by atoms with van der Waals surface area (Å²) in [7, 11) is 0. The number of nitrogens with zero attached hydrogens (tertiary/aromatic N) is 1. The fourth-order valence-electron chi connectivity index (χ4n) is 2.44. The Balaban J connectivity index is 2.50. The van der Waals surface area contributed by atoms with Crippen LogP contribution in [-0.4, -0.2) is 0 Å². The van der Waals surface area contributed by atoms with Gasteiger partial charge in [-0.25, -0.2) is 0 Å². The Morgan fingerprint density at radius 1 is 1.05 bits per heavy atom. The second-order valence-electron chi connectivity index (χ2n) is 5.40. The van der Waals surface area contributed by atoms with Gasteiger partial charge in [0, 0.05) is 0 Å². The average molecular weight is 249 g/mol. The summed E-state index contributed by atoms with van der Waals surface area (Å²) in [4.78, 5) is 0. The Labute approximate surface area is 115 Å². The number of hydrogen-bond donors (Lipinski definition) is 0. The van der Waals surface area contributed by atoms with Crippen LogP contribution in [0, 0.1) is 24.2 Å². The van der Waals surface area contributed by atoms with Gasteiger partial charge in [0.15, 0.2) is 0 Å². The Bertz CT molecular complexity index is 618. The lowest BCUT2D eigenvalue weighted by atomic mass is 9.91. The van der Waals surface area contributed by atoms with Crippen LogP contribution in [0.1, 0.15) is 30.5 Å². The van der Waals surface area contributed by atoms with Crippen molar-refractivity contribution < 1.29 is 0 Å². The number of rotatable bonds is 3. The fourth-order valence-corrected chi connectivity index (χ4v) is 2.44. The molecule has 0 unspecified atom stereocenters. The van der Waals surface area contributed by atoms with E-state index in [0.29, 0.717) is 5.92 Å². The molecule has 2 rings (SSSR count). The zero-order chi connectivity index (χ0) is 13.8. The standard InChI is InChI=1S/C18H19N/c1-13(2)10-16-6-4-5-7-18(16)17-9-8-15(12-19)11-14(17)3/h4-9,11,13H,10H2,1-3H3. The second kappa shape index (κ2) is 5.71. The van der Waals surface area contributed by atoms with E-state index in [1.807, 2.05) is 12.1 Å². The molecule has 0 aliphatic rings. The predicted molar refractivity (Wildman–Crippen MR) is 79.9 cm³/mol. The number of nitriles is 1. The Hall–Kier alpha value is -2.07. The average Bonchev–Trinajstić information content (AvgIpc) is 2.39. The van der Waals surface area contributed by atoms with E-state index < -0.39 is 0 Å². The zero-order valence-electron chi connectivity index (χ0n) is 11.8. The molecule has 0 aromatic heterocycles. The minimum atomic E-state index is 0.639. The topological polar surface area (TPSA) is 23.8 Å². The van der Waals surface area contributed by atoms with E-state index in [9.17, 15) is 0 Å². The molecule has 0 heterocycles. The normalized spacial score (nSPS) is 10.5. The number of hydrogen-bond acceptors (Lipinski definition) is 1. The highest BCUT2D eigenvalue weighted by Crippen LogP contribution is 2.28. The molecule has 0 saturated carbocycles. The first-order chi connectivity index (χ1) is 9.11. The first-order valence-corrected chi connectivity index (χ1v) is 6.71. The van der Waals surface area contributed by atoms with Crippen LogP contribution in [0.3, 0.4) is 0 Å². The van der Waals surface area contributed by atoms with Crippen molar-refractivity contribution in [3.8, 4) is 17.2 Å². The van der Waals surface area contributed by atoms with Crippen LogP contribution < -0.4 is 0 Å². The molecule has 96 valence electrons. The molecule has 0 amide bonds. The quantitative estimate of drug-likeness (QED) is 0.771. The van der Waals surface area contributed by atoms with Crippen LogP contribution in [0.2, 0.25) is 0 Å². The summed E-state index contributed by atoms with van der Waals surface area (Å²) in [5.74, 6) is 0.639. The summed E-state index contributed by atoms with van der Waals surface area (Å²) in [5, 5.41) is 8.95. The molecule has 0 saturated heterocycles. The first kappa shape index (κ1) is 13.4. The zero-order valence-corrected chi connectivity index (χ0v) is 11.8. The van der Waals surface area contributed by atoms with E-state index in [2.05, 4.69) is 57.2 Å². The van der Waals surface area contributed by atoms with Crippen LogP contribution in [0.15, 0.2) is 42.5 Å². The van der Waals surface area contributed by atoms with Gasteiger partial charge < -0.3 is 0 Å². The molecule has 1 nitrogen and oxygen atoms in total. The van der Waals surface area contributed by atoms with Crippen molar-refractivity contribution in [1.29, 1.82) is 5.26 Å². The Morgan fingerprint density at radius 2 is 1.79 bits per heavy atom. The van der Waals surface area contributed by atoms with E-state index >= 15 is 0 Å². The van der Waals surface area contributed by atoms with Crippen LogP contribution in [0.4, 0.5) is 0 Å². The maximum atomic E-state index is 8.95. The molecule has 0 bridgehead atoms. The molecular formula is C18H19N. The van der Waals surface area contributed by atoms with Gasteiger partial charge in [0.05, 0.1) is 11.6 Å². The molecule has 0 fully saturated rings. The monoisotopic (exact) mass is 249 g/mol. The molecule has 0 atom stereocenters. The van der Waals surface area contributed by atoms with Gasteiger partial charge >= 0.3 is 0 Å². The predicted octanol–water partition coefficient (Wildman–Crippen LogP) is 4.73. The minimum Gasteiger partial charge on any atom is -0.192 e. The van der Waals surface area contributed by atoms with E-state index in [0.717, 1.165) is 17.5 Å². The minimum absolute atomic E-state index is 0.639. The van der Waals surface area contributed by atoms with Crippen molar-refractivity contribution in [2.45, 2.75) is 27.2 Å². The van der Waals surface area contributed by atoms with Crippen molar-refractivity contribution in [2.24, 2.45) is 5.92 Å². The van der Waals surface area contributed by atoms with E-state index in [1.54, 1.807) is 0 Å². The maximum Gasteiger partial charge on any atom is 0.0991 e. The van der Waals surface area contributed by atoms with Gasteiger partial charge in [-0.15, -0.1) is 0 Å². The third-order valence-corrected chi connectivity index (χ3v) is 3.29. The highest BCUT2D eigenvalue weighted by molar-refractivity contribution is 5.71. The van der Waals surface area contributed by atoms with Gasteiger partial charge in [0.25, 0.3) is 0 Å². The van der Waals surface area contributed by atoms with Gasteiger partial charge in [0.1, 0.15) is 0 Å². The third kappa shape index (κ3) is 3.03. The summed E-state index contributed by atoms with van der Waals surface area (Å²) in [6, 6.07) is 16.7. The SMILES string of the molecule is Cc1cc(C#N)ccc1-c1ccccc1CC(C)C. The molecule has 2 aromatic rings. The lowest BCUT2D eigenvalue weighted by molar-refractivity contribution is 0.648. The van der Waals surface area contributed by atoms with Crippen LogP contribution in [0.25, 0.3) is 11.1 Å². The lowest BCUT2D eigenvalue weighted by Gasteiger charge is -2.14. The van der Waals surface area contributed by atoms with Crippen molar-refractivity contribution in [3.05, 3.63) is 59.2 Å². The summed E-state index contributed by atoms with van der Waals surface area (Å²) in [6.45, 7) is 6.55. The molecule has 0 spiro atoms. The molecule has 1 heteroatoms. The van der Waals surface area contributed by atoms with Crippen LogP contribution in [-0.2, 0) is 6.42 Å². The lowest BCUT2D eigenvalue weighted by Crippen LogP contribution is -1.97. The second-order valence-corrected chi connectivity index (χ2v) is 5.40. The summed E-state index contributed by atoms with van der Waals surface area (Å²) in [6.07, 6.45) is 1.08. The van der Waals surface area contributed by atoms with E-state index in [4.69, 9.17) is 5.26 Å². The first-order valence-electron chi connectivity index (χ1n) is 6.71. The molecule has 0 N–H and O–H groups in total. The molecule has 2 aromatic carbocycles. The number of benzene rings is 2. The van der Waals surface area contributed by atoms with Gasteiger partial charge in [-0.3, -0.25) is 0 Å². The maximum absolute atomic E-state index is 8.95. The Morgan fingerprint density at radius 3 is 2.42 bits per heavy atom. The number of aryl methyl sites for hydroxylation is 1. The molecule has 19 heavy (non-hydrogen) atoms. The van der Waals surface area contributed by atoms with Gasteiger partial charge in [-0.2, -0.15) is 5.26 Å².